The van der Waals surface area contributed by atoms with Gasteiger partial charge in [-0.2, -0.15) is 4.98 Å². The number of hydrogen-bond acceptors (Lipinski definition) is 7. The van der Waals surface area contributed by atoms with Crippen LogP contribution in [-0.2, 0) is 0 Å². The monoisotopic (exact) mass is 375 g/mol. The van der Waals surface area contributed by atoms with E-state index in [0.717, 1.165) is 0 Å². The van der Waals surface area contributed by atoms with Gasteiger partial charge in [0.15, 0.2) is 11.5 Å². The first-order valence-electron chi connectivity index (χ1n) is 8.09. The smallest absolute Gasteiger partial charge is 0.258 e. The number of ether oxygens (including phenoxy) is 3. The van der Waals surface area contributed by atoms with Crippen LogP contribution in [0.1, 0.15) is 13.8 Å². The number of nitrogens with zero attached hydrogens (tertiary/aromatic N) is 3. The van der Waals surface area contributed by atoms with Gasteiger partial charge in [-0.05, 0) is 32.0 Å². The predicted molar refractivity (Wildman–Crippen MR) is 96.9 cm³/mol. The Morgan fingerprint density at radius 1 is 1.08 bits per heavy atom. The number of benzene rings is 1. The van der Waals surface area contributed by atoms with Crippen LogP contribution < -0.4 is 14.2 Å². The molecule has 0 amide bonds. The molecule has 0 aliphatic heterocycles. The molecule has 3 rings (SSSR count). The molecule has 0 saturated heterocycles. The average molecular weight is 376 g/mol. The highest BCUT2D eigenvalue weighted by molar-refractivity contribution is 6.32. The van der Waals surface area contributed by atoms with Gasteiger partial charge in [-0.25, -0.2) is 4.98 Å². The highest BCUT2D eigenvalue weighted by Crippen LogP contribution is 2.39. The van der Waals surface area contributed by atoms with E-state index < -0.39 is 0 Å². The topological polar surface area (TPSA) is 79.5 Å². The molecule has 2 heterocycles. The van der Waals surface area contributed by atoms with Crippen molar-refractivity contribution in [3.8, 4) is 40.2 Å². The first kappa shape index (κ1) is 18.0. The van der Waals surface area contributed by atoms with Gasteiger partial charge in [0.1, 0.15) is 0 Å². The molecular formula is C18H18ClN3O4. The molecule has 1 aromatic carbocycles. The fourth-order valence-corrected chi connectivity index (χ4v) is 2.63. The normalized spacial score (nSPS) is 10.6. The highest BCUT2D eigenvalue weighted by atomic mass is 35.5. The van der Waals surface area contributed by atoms with E-state index in [2.05, 4.69) is 15.1 Å². The molecule has 136 valence electrons. The second-order valence-electron chi connectivity index (χ2n) is 5.16. The maximum absolute atomic E-state index is 6.31. The standard InChI is InChI=1S/C18H18ClN3O4/c1-4-24-15-10-11(6-7-20-15)18-21-17(22-26-18)12-8-13(19)16(25-5-2)14(9-12)23-3/h6-10H,4-5H2,1-3H3. The first-order valence-corrected chi connectivity index (χ1v) is 8.47. The zero-order valence-corrected chi connectivity index (χ0v) is 15.4. The molecular weight excluding hydrogens is 358 g/mol. The molecule has 0 bridgehead atoms. The summed E-state index contributed by atoms with van der Waals surface area (Å²) in [5.74, 6) is 2.23. The Kier molecular flexibility index (Phi) is 5.58. The Labute approximate surface area is 155 Å². The molecule has 2 aromatic heterocycles. The van der Waals surface area contributed by atoms with Crippen molar-refractivity contribution < 1.29 is 18.7 Å². The zero-order chi connectivity index (χ0) is 18.5. The largest absolute Gasteiger partial charge is 0.493 e. The predicted octanol–water partition coefficient (Wildman–Crippen LogP) is 4.26. The van der Waals surface area contributed by atoms with Crippen molar-refractivity contribution in [3.05, 3.63) is 35.5 Å². The van der Waals surface area contributed by atoms with Crippen molar-refractivity contribution in [2.75, 3.05) is 20.3 Å². The molecule has 7 nitrogen and oxygen atoms in total. The van der Waals surface area contributed by atoms with Crippen LogP contribution in [0.25, 0.3) is 22.8 Å². The van der Waals surface area contributed by atoms with E-state index in [9.17, 15) is 0 Å². The van der Waals surface area contributed by atoms with E-state index >= 15 is 0 Å². The minimum absolute atomic E-state index is 0.354. The van der Waals surface area contributed by atoms with E-state index in [1.54, 1.807) is 37.6 Å². The van der Waals surface area contributed by atoms with Crippen LogP contribution >= 0.6 is 11.6 Å². The third kappa shape index (κ3) is 3.72. The number of aromatic nitrogens is 3. The molecule has 0 saturated carbocycles. The quantitative estimate of drug-likeness (QED) is 0.610. The molecule has 8 heteroatoms. The molecule has 0 fully saturated rings. The molecule has 3 aromatic rings. The van der Waals surface area contributed by atoms with Gasteiger partial charge in [0.2, 0.25) is 11.7 Å². The molecule has 0 aliphatic carbocycles. The second kappa shape index (κ2) is 8.05. The van der Waals surface area contributed by atoms with Crippen LogP contribution in [0.5, 0.6) is 17.4 Å². The Bertz CT molecular complexity index is 898. The minimum Gasteiger partial charge on any atom is -0.493 e. The molecule has 0 unspecified atom stereocenters. The van der Waals surface area contributed by atoms with Gasteiger partial charge in [-0.1, -0.05) is 16.8 Å². The van der Waals surface area contributed by atoms with E-state index in [4.69, 9.17) is 30.3 Å². The summed E-state index contributed by atoms with van der Waals surface area (Å²) in [6, 6.07) is 6.98. The summed E-state index contributed by atoms with van der Waals surface area (Å²) in [6.45, 7) is 4.77. The maximum atomic E-state index is 6.31. The van der Waals surface area contributed by atoms with Crippen molar-refractivity contribution in [2.45, 2.75) is 13.8 Å². The van der Waals surface area contributed by atoms with Gasteiger partial charge in [-0.3, -0.25) is 0 Å². The molecule has 26 heavy (non-hydrogen) atoms. The lowest BCUT2D eigenvalue weighted by atomic mass is 10.2. The number of hydrogen-bond donors (Lipinski definition) is 0. The number of pyridine rings is 1. The van der Waals surface area contributed by atoms with E-state index in [0.29, 0.717) is 58.5 Å². The Balaban J connectivity index is 1.95. The van der Waals surface area contributed by atoms with Crippen molar-refractivity contribution in [2.24, 2.45) is 0 Å². The van der Waals surface area contributed by atoms with Crippen LogP contribution in [-0.4, -0.2) is 35.4 Å². The van der Waals surface area contributed by atoms with Crippen LogP contribution in [0.4, 0.5) is 0 Å². The van der Waals surface area contributed by atoms with E-state index in [1.165, 1.54) is 0 Å². The fraction of sp³-hybridized carbons (Fsp3) is 0.278. The molecule has 0 N–H and O–H groups in total. The fourth-order valence-electron chi connectivity index (χ4n) is 2.36. The van der Waals surface area contributed by atoms with Gasteiger partial charge >= 0.3 is 0 Å². The SMILES string of the molecule is CCOc1cc(-c2nc(-c3cc(Cl)c(OCC)c(OC)c3)no2)ccn1. The second-order valence-corrected chi connectivity index (χ2v) is 5.57. The molecule has 0 atom stereocenters. The Morgan fingerprint density at radius 2 is 1.88 bits per heavy atom. The lowest BCUT2D eigenvalue weighted by Crippen LogP contribution is -1.97. The highest BCUT2D eigenvalue weighted by Gasteiger charge is 2.17. The van der Waals surface area contributed by atoms with Gasteiger partial charge in [0, 0.05) is 23.4 Å². The van der Waals surface area contributed by atoms with E-state index in [1.807, 2.05) is 13.8 Å². The van der Waals surface area contributed by atoms with Gasteiger partial charge in [0.05, 0.1) is 25.3 Å². The lowest BCUT2D eigenvalue weighted by molar-refractivity contribution is 0.311. The Hall–Kier alpha value is -2.80. The summed E-state index contributed by atoms with van der Waals surface area (Å²) in [6.07, 6.45) is 1.63. The number of methoxy groups -OCH3 is 1. The minimum atomic E-state index is 0.354. The average Bonchev–Trinajstić information content (AvgIpc) is 3.14. The van der Waals surface area contributed by atoms with Crippen molar-refractivity contribution in [1.82, 2.24) is 15.1 Å². The Morgan fingerprint density at radius 3 is 2.62 bits per heavy atom. The third-order valence-electron chi connectivity index (χ3n) is 3.48. The number of halogens is 1. The van der Waals surface area contributed by atoms with Crippen LogP contribution in [0.2, 0.25) is 5.02 Å². The molecule has 0 spiro atoms. The number of rotatable bonds is 7. The third-order valence-corrected chi connectivity index (χ3v) is 3.76. The van der Waals surface area contributed by atoms with Gasteiger partial charge in [-0.15, -0.1) is 0 Å². The van der Waals surface area contributed by atoms with Gasteiger partial charge < -0.3 is 18.7 Å². The molecule has 0 radical (unpaired) electrons. The van der Waals surface area contributed by atoms with E-state index in [-0.39, 0.29) is 0 Å². The van der Waals surface area contributed by atoms with Crippen LogP contribution in [0.15, 0.2) is 35.0 Å². The zero-order valence-electron chi connectivity index (χ0n) is 14.7. The summed E-state index contributed by atoms with van der Waals surface area (Å²) < 4.78 is 21.6. The summed E-state index contributed by atoms with van der Waals surface area (Å²) >= 11 is 6.31. The van der Waals surface area contributed by atoms with Crippen LogP contribution in [0, 0.1) is 0 Å². The first-order chi connectivity index (χ1) is 12.7. The summed E-state index contributed by atoms with van der Waals surface area (Å²) in [4.78, 5) is 8.55. The summed E-state index contributed by atoms with van der Waals surface area (Å²) in [7, 11) is 1.55. The van der Waals surface area contributed by atoms with Gasteiger partial charge in [0.25, 0.3) is 5.89 Å². The van der Waals surface area contributed by atoms with Crippen molar-refractivity contribution in [3.63, 3.8) is 0 Å². The van der Waals surface area contributed by atoms with Crippen molar-refractivity contribution >= 4 is 11.6 Å². The lowest BCUT2D eigenvalue weighted by Gasteiger charge is -2.11. The molecule has 0 aliphatic rings. The van der Waals surface area contributed by atoms with Crippen LogP contribution in [0.3, 0.4) is 0 Å². The summed E-state index contributed by atoms with van der Waals surface area (Å²) in [5, 5.41) is 4.44. The summed E-state index contributed by atoms with van der Waals surface area (Å²) in [5.41, 5.74) is 1.37. The maximum Gasteiger partial charge on any atom is 0.258 e. The van der Waals surface area contributed by atoms with Crippen molar-refractivity contribution in [1.29, 1.82) is 0 Å².